The summed E-state index contributed by atoms with van der Waals surface area (Å²) in [5.41, 5.74) is 6.98. The van der Waals surface area contributed by atoms with Crippen LogP contribution in [-0.4, -0.2) is 35.3 Å². The summed E-state index contributed by atoms with van der Waals surface area (Å²) < 4.78 is 0. The van der Waals surface area contributed by atoms with Gasteiger partial charge < -0.3 is 10.6 Å². The third-order valence-electron chi connectivity index (χ3n) is 5.52. The van der Waals surface area contributed by atoms with Gasteiger partial charge in [0.15, 0.2) is 0 Å². The fourth-order valence-electron chi connectivity index (χ4n) is 3.75. The minimum Gasteiger partial charge on any atom is -0.324 e. The van der Waals surface area contributed by atoms with Crippen LogP contribution in [0, 0.1) is 0 Å². The molecule has 0 fully saturated rings. The normalized spacial score (nSPS) is 15.3. The Labute approximate surface area is 198 Å². The molecular weight excluding hydrogens is 428 g/mol. The lowest BCUT2D eigenvalue weighted by Gasteiger charge is -2.12. The van der Waals surface area contributed by atoms with Gasteiger partial charge in [-0.3, -0.25) is 19.8 Å². The van der Waals surface area contributed by atoms with Crippen molar-refractivity contribution in [1.29, 1.82) is 0 Å². The molecule has 0 spiro atoms. The Kier molecular flexibility index (Phi) is 7.60. The van der Waals surface area contributed by atoms with Crippen LogP contribution in [0.3, 0.4) is 0 Å². The summed E-state index contributed by atoms with van der Waals surface area (Å²) in [6.45, 7) is 1.27. The van der Waals surface area contributed by atoms with Crippen LogP contribution in [0.4, 0.5) is 5.69 Å². The molecular formula is C27H26N4O3. The number of hydrogen-bond acceptors (Lipinski definition) is 5. The van der Waals surface area contributed by atoms with Gasteiger partial charge >= 0.3 is 0 Å². The first kappa shape index (κ1) is 23.1. The Morgan fingerprint density at radius 2 is 1.74 bits per heavy atom. The molecule has 0 saturated heterocycles. The van der Waals surface area contributed by atoms with Crippen LogP contribution in [0.5, 0.6) is 0 Å². The average molecular weight is 455 g/mol. The minimum absolute atomic E-state index is 0.108. The number of amides is 2. The first-order chi connectivity index (χ1) is 16.6. The molecule has 7 nitrogen and oxygen atoms in total. The zero-order valence-corrected chi connectivity index (χ0v) is 18.6. The first-order valence-corrected chi connectivity index (χ1v) is 11.1. The highest BCUT2D eigenvalue weighted by atomic mass is 16.5. The van der Waals surface area contributed by atoms with Crippen LogP contribution in [0.1, 0.15) is 28.7 Å². The van der Waals surface area contributed by atoms with E-state index in [2.05, 4.69) is 10.6 Å². The van der Waals surface area contributed by atoms with Gasteiger partial charge in [0.05, 0.1) is 11.4 Å². The smallest absolute Gasteiger partial charge is 0.267 e. The van der Waals surface area contributed by atoms with Gasteiger partial charge in [0.1, 0.15) is 6.04 Å². The molecule has 1 aliphatic rings. The van der Waals surface area contributed by atoms with E-state index in [4.69, 9.17) is 10.2 Å². The largest absolute Gasteiger partial charge is 0.324 e. The molecule has 1 aliphatic heterocycles. The third kappa shape index (κ3) is 5.83. The lowest BCUT2D eigenvalue weighted by atomic mass is 10.0. The predicted molar refractivity (Wildman–Crippen MR) is 133 cm³/mol. The molecule has 34 heavy (non-hydrogen) atoms. The second kappa shape index (κ2) is 11.2. The van der Waals surface area contributed by atoms with Crippen molar-refractivity contribution in [2.45, 2.75) is 19.0 Å². The van der Waals surface area contributed by atoms with Crippen LogP contribution in [0.25, 0.3) is 6.08 Å². The maximum Gasteiger partial charge on any atom is 0.267 e. The number of fused-ring (bicyclic) bond motifs is 1. The number of carbonyl (C=O) groups is 2. The Morgan fingerprint density at radius 1 is 1.00 bits per heavy atom. The van der Waals surface area contributed by atoms with Gasteiger partial charge in [0.25, 0.3) is 5.91 Å². The highest BCUT2D eigenvalue weighted by Gasteiger charge is 2.25. The van der Waals surface area contributed by atoms with Gasteiger partial charge in [-0.15, -0.1) is 0 Å². The van der Waals surface area contributed by atoms with Gasteiger partial charge in [0.2, 0.25) is 5.91 Å². The maximum absolute atomic E-state index is 12.9. The number of anilines is 1. The van der Waals surface area contributed by atoms with Crippen molar-refractivity contribution < 1.29 is 14.8 Å². The van der Waals surface area contributed by atoms with E-state index < -0.39 is 11.9 Å². The Hall–Kier alpha value is -4.07. The molecule has 4 N–H and O–H groups in total. The zero-order chi connectivity index (χ0) is 23.8. The number of nitrogens with one attached hydrogen (secondary N) is 3. The molecule has 1 atom stereocenters. The molecule has 0 aromatic heterocycles. The van der Waals surface area contributed by atoms with E-state index in [-0.39, 0.29) is 5.91 Å². The second-order valence-electron chi connectivity index (χ2n) is 7.91. The van der Waals surface area contributed by atoms with Gasteiger partial charge in [-0.25, -0.2) is 5.48 Å². The number of para-hydroxylation sites is 1. The Balaban J connectivity index is 1.39. The van der Waals surface area contributed by atoms with Crippen molar-refractivity contribution in [3.05, 3.63) is 107 Å². The zero-order valence-electron chi connectivity index (χ0n) is 18.6. The van der Waals surface area contributed by atoms with Crippen molar-refractivity contribution in [2.24, 2.45) is 4.99 Å². The van der Waals surface area contributed by atoms with E-state index >= 15 is 0 Å². The standard InChI is InChI=1S/C27H26N4O3/c32-25(31-34)15-14-19-10-12-20(13-11-19)18-28-17-16-24-27(33)30-23-9-5-4-8-22(23)26(29-24)21-6-2-1-3-7-21/h1-15,24,28,34H,16-18H2,(H,30,33)(H,31,32). The number of carbonyl (C=O) groups excluding carboxylic acids is 2. The summed E-state index contributed by atoms with van der Waals surface area (Å²) in [7, 11) is 0. The van der Waals surface area contributed by atoms with Crippen LogP contribution >= 0.6 is 0 Å². The number of benzodiazepines with no additional fused rings is 1. The van der Waals surface area contributed by atoms with Crippen molar-refractivity contribution in [2.75, 3.05) is 11.9 Å². The van der Waals surface area contributed by atoms with Gasteiger partial charge in [-0.1, -0.05) is 72.8 Å². The molecule has 7 heteroatoms. The summed E-state index contributed by atoms with van der Waals surface area (Å²) in [5, 5.41) is 14.9. The molecule has 3 aromatic carbocycles. The predicted octanol–water partition coefficient (Wildman–Crippen LogP) is 3.54. The number of nitrogens with zero attached hydrogens (tertiary/aromatic N) is 1. The Bertz CT molecular complexity index is 1200. The molecule has 3 aromatic rings. The first-order valence-electron chi connectivity index (χ1n) is 11.1. The molecule has 172 valence electrons. The van der Waals surface area contributed by atoms with Crippen LogP contribution in [0.15, 0.2) is 89.9 Å². The van der Waals surface area contributed by atoms with Crippen LogP contribution in [0.2, 0.25) is 0 Å². The highest BCUT2D eigenvalue weighted by Crippen LogP contribution is 2.24. The summed E-state index contributed by atoms with van der Waals surface area (Å²) >= 11 is 0. The Morgan fingerprint density at radius 3 is 2.50 bits per heavy atom. The summed E-state index contributed by atoms with van der Waals surface area (Å²) in [6, 6.07) is 24.9. The van der Waals surface area contributed by atoms with Gasteiger partial charge in [-0.2, -0.15) is 0 Å². The average Bonchev–Trinajstić information content (AvgIpc) is 3.02. The highest BCUT2D eigenvalue weighted by molar-refractivity contribution is 6.19. The molecule has 0 saturated carbocycles. The molecule has 0 radical (unpaired) electrons. The number of benzene rings is 3. The van der Waals surface area contributed by atoms with E-state index in [1.807, 2.05) is 78.9 Å². The number of aliphatic imine (C=N–C) groups is 1. The van der Waals surface area contributed by atoms with Crippen LogP contribution in [-0.2, 0) is 16.1 Å². The van der Waals surface area contributed by atoms with E-state index in [0.717, 1.165) is 33.7 Å². The fraction of sp³-hybridized carbons (Fsp3) is 0.148. The molecule has 0 aliphatic carbocycles. The molecule has 4 rings (SSSR count). The van der Waals surface area contributed by atoms with Crippen molar-refractivity contribution in [1.82, 2.24) is 10.8 Å². The van der Waals surface area contributed by atoms with E-state index in [1.54, 1.807) is 11.6 Å². The summed E-state index contributed by atoms with van der Waals surface area (Å²) in [6.07, 6.45) is 3.44. The lowest BCUT2D eigenvalue weighted by Crippen LogP contribution is -2.29. The van der Waals surface area contributed by atoms with Crippen LogP contribution < -0.4 is 16.1 Å². The maximum atomic E-state index is 12.9. The summed E-state index contributed by atoms with van der Waals surface area (Å²) in [4.78, 5) is 28.8. The van der Waals surface area contributed by atoms with Crippen molar-refractivity contribution in [3.8, 4) is 0 Å². The lowest BCUT2D eigenvalue weighted by molar-refractivity contribution is -0.124. The number of hydroxylamine groups is 1. The minimum atomic E-state index is -0.575. The molecule has 1 unspecified atom stereocenters. The summed E-state index contributed by atoms with van der Waals surface area (Å²) in [5.74, 6) is -0.683. The second-order valence-corrected chi connectivity index (χ2v) is 7.91. The third-order valence-corrected chi connectivity index (χ3v) is 5.52. The molecule has 0 bridgehead atoms. The fourth-order valence-corrected chi connectivity index (χ4v) is 3.75. The monoisotopic (exact) mass is 454 g/mol. The van der Waals surface area contributed by atoms with Gasteiger partial charge in [0, 0.05) is 23.7 Å². The van der Waals surface area contributed by atoms with E-state index in [9.17, 15) is 9.59 Å². The molecule has 2 amide bonds. The van der Waals surface area contributed by atoms with Crippen molar-refractivity contribution in [3.63, 3.8) is 0 Å². The number of rotatable bonds is 8. The quantitative estimate of drug-likeness (QED) is 0.181. The van der Waals surface area contributed by atoms with Gasteiger partial charge in [-0.05, 0) is 36.2 Å². The van der Waals surface area contributed by atoms with E-state index in [0.29, 0.717) is 19.5 Å². The SMILES string of the molecule is O=C(C=Cc1ccc(CNCCC2N=C(c3ccccc3)c3ccccc3NC2=O)cc1)NO. The van der Waals surface area contributed by atoms with E-state index in [1.165, 1.54) is 6.08 Å². The topological polar surface area (TPSA) is 103 Å². The van der Waals surface area contributed by atoms with Crippen molar-refractivity contribution >= 4 is 29.3 Å². The molecule has 1 heterocycles. The number of hydrogen-bond donors (Lipinski definition) is 4.